The Kier molecular flexibility index (Phi) is 8.36. The van der Waals surface area contributed by atoms with Gasteiger partial charge >= 0.3 is 0 Å². The van der Waals surface area contributed by atoms with E-state index < -0.39 is 0 Å². The first-order chi connectivity index (χ1) is 13.9. The molecular weight excluding hydrogens is 413 g/mol. The van der Waals surface area contributed by atoms with Crippen LogP contribution in [0.2, 0.25) is 10.0 Å². The summed E-state index contributed by atoms with van der Waals surface area (Å²) in [6, 6.07) is 10.7. The van der Waals surface area contributed by atoms with E-state index >= 15 is 0 Å². The van der Waals surface area contributed by atoms with Crippen LogP contribution in [-0.4, -0.2) is 26.0 Å². The maximum atomic E-state index is 12.5. The predicted octanol–water partition coefficient (Wildman–Crippen LogP) is 4.13. The van der Waals surface area contributed by atoms with Crippen molar-refractivity contribution in [3.8, 4) is 11.5 Å². The smallest absolute Gasteiger partial charge is 0.254 e. The molecule has 0 aliphatic heterocycles. The molecule has 0 aromatic heterocycles. The molecule has 0 unspecified atom stereocenters. The molecule has 2 aromatic rings. The summed E-state index contributed by atoms with van der Waals surface area (Å²) < 4.78 is 10.2. The van der Waals surface area contributed by atoms with Crippen molar-refractivity contribution in [1.82, 2.24) is 5.32 Å². The lowest BCUT2D eigenvalue weighted by Gasteiger charge is -2.10. The molecule has 0 saturated carbocycles. The lowest BCUT2D eigenvalue weighted by Crippen LogP contribution is -2.31. The second kappa shape index (κ2) is 10.7. The summed E-state index contributed by atoms with van der Waals surface area (Å²) in [4.78, 5) is 16.8. The summed E-state index contributed by atoms with van der Waals surface area (Å²) in [6.45, 7) is 2.31. The zero-order valence-electron chi connectivity index (χ0n) is 16.5. The highest BCUT2D eigenvalue weighted by atomic mass is 35.5. The molecule has 0 bridgehead atoms. The highest BCUT2D eigenvalue weighted by Gasteiger charge is 2.13. The molecule has 0 heterocycles. The van der Waals surface area contributed by atoms with E-state index in [1.54, 1.807) is 51.5 Å². The van der Waals surface area contributed by atoms with Gasteiger partial charge in [0.25, 0.3) is 5.91 Å². The third-order valence-electron chi connectivity index (χ3n) is 4.13. The Hall–Kier alpha value is -2.70. The molecular formula is C21H23Cl2N3O3. The fourth-order valence-corrected chi connectivity index (χ4v) is 3.12. The Morgan fingerprint density at radius 3 is 2.14 bits per heavy atom. The summed E-state index contributed by atoms with van der Waals surface area (Å²) in [5, 5.41) is 3.78. The fourth-order valence-electron chi connectivity index (χ4n) is 2.56. The van der Waals surface area contributed by atoms with Crippen LogP contribution in [0.3, 0.4) is 0 Å². The Balaban J connectivity index is 2.01. The van der Waals surface area contributed by atoms with Gasteiger partial charge in [0.15, 0.2) is 0 Å². The number of halogens is 2. The van der Waals surface area contributed by atoms with Crippen LogP contribution in [0.1, 0.15) is 18.1 Å². The van der Waals surface area contributed by atoms with Crippen molar-refractivity contribution in [2.45, 2.75) is 20.0 Å². The topological polar surface area (TPSA) is 85.9 Å². The van der Waals surface area contributed by atoms with Gasteiger partial charge in [-0.15, -0.1) is 0 Å². The Morgan fingerprint density at radius 2 is 1.62 bits per heavy atom. The maximum absolute atomic E-state index is 12.5. The van der Waals surface area contributed by atoms with Crippen molar-refractivity contribution in [3.63, 3.8) is 0 Å². The number of allylic oxidation sites excluding steroid dienone is 1. The van der Waals surface area contributed by atoms with E-state index in [0.717, 1.165) is 11.1 Å². The number of carbonyl (C=O) groups is 1. The van der Waals surface area contributed by atoms with Crippen LogP contribution < -0.4 is 20.5 Å². The average Bonchev–Trinajstić information content (AvgIpc) is 2.71. The SMILES string of the molecule is C/C=C(/C(=O)NCc1ccc(OC)c(Cl)c1)C(N)=NCc1ccc(OC)c(Cl)c1. The van der Waals surface area contributed by atoms with E-state index in [1.807, 2.05) is 12.1 Å². The minimum absolute atomic E-state index is 0.143. The van der Waals surface area contributed by atoms with Crippen LogP contribution in [-0.2, 0) is 17.9 Å². The summed E-state index contributed by atoms with van der Waals surface area (Å²) in [6.07, 6.45) is 1.62. The molecule has 0 radical (unpaired) electrons. The normalized spacial score (nSPS) is 11.9. The number of nitrogens with two attached hydrogens (primary N) is 1. The number of amides is 1. The van der Waals surface area contributed by atoms with Crippen LogP contribution in [0, 0.1) is 0 Å². The van der Waals surface area contributed by atoms with Gasteiger partial charge in [0.05, 0.1) is 36.4 Å². The number of methoxy groups -OCH3 is 2. The summed E-state index contributed by atoms with van der Waals surface area (Å²) in [7, 11) is 3.09. The van der Waals surface area contributed by atoms with Crippen molar-refractivity contribution in [1.29, 1.82) is 0 Å². The van der Waals surface area contributed by atoms with Gasteiger partial charge in [0, 0.05) is 6.54 Å². The van der Waals surface area contributed by atoms with Gasteiger partial charge in [-0.25, -0.2) is 0 Å². The van der Waals surface area contributed by atoms with Gasteiger partial charge in [0.2, 0.25) is 0 Å². The number of carbonyl (C=O) groups excluding carboxylic acids is 1. The van der Waals surface area contributed by atoms with E-state index in [-0.39, 0.29) is 18.3 Å². The molecule has 29 heavy (non-hydrogen) atoms. The van der Waals surface area contributed by atoms with Gasteiger partial charge in [-0.3, -0.25) is 9.79 Å². The van der Waals surface area contributed by atoms with Crippen LogP contribution in [0.5, 0.6) is 11.5 Å². The number of nitrogens with zero attached hydrogens (tertiary/aromatic N) is 1. The zero-order valence-corrected chi connectivity index (χ0v) is 18.0. The summed E-state index contributed by atoms with van der Waals surface area (Å²) >= 11 is 12.2. The first kappa shape index (κ1) is 22.6. The average molecular weight is 436 g/mol. The van der Waals surface area contributed by atoms with E-state index in [4.69, 9.17) is 38.4 Å². The van der Waals surface area contributed by atoms with E-state index in [1.165, 1.54) is 0 Å². The minimum atomic E-state index is -0.326. The second-order valence-corrected chi connectivity index (χ2v) is 6.84. The number of rotatable bonds is 8. The Bertz CT molecular complexity index is 943. The summed E-state index contributed by atoms with van der Waals surface area (Å²) in [5.74, 6) is 0.976. The molecule has 2 aromatic carbocycles. The molecule has 0 fully saturated rings. The van der Waals surface area contributed by atoms with Gasteiger partial charge in [-0.05, 0) is 42.3 Å². The Morgan fingerprint density at radius 1 is 1.07 bits per heavy atom. The van der Waals surface area contributed by atoms with Crippen molar-refractivity contribution < 1.29 is 14.3 Å². The third kappa shape index (κ3) is 6.14. The molecule has 0 saturated heterocycles. The highest BCUT2D eigenvalue weighted by Crippen LogP contribution is 2.26. The van der Waals surface area contributed by atoms with E-state index in [9.17, 15) is 4.79 Å². The van der Waals surface area contributed by atoms with Gasteiger partial charge in [-0.2, -0.15) is 0 Å². The molecule has 2 rings (SSSR count). The molecule has 0 aliphatic rings. The minimum Gasteiger partial charge on any atom is -0.495 e. The van der Waals surface area contributed by atoms with Crippen molar-refractivity contribution in [3.05, 3.63) is 69.2 Å². The van der Waals surface area contributed by atoms with Crippen molar-refractivity contribution >= 4 is 34.9 Å². The molecule has 0 aliphatic carbocycles. The molecule has 8 heteroatoms. The summed E-state index contributed by atoms with van der Waals surface area (Å²) in [5.41, 5.74) is 8.01. The van der Waals surface area contributed by atoms with Gasteiger partial charge in [-0.1, -0.05) is 41.4 Å². The van der Waals surface area contributed by atoms with Crippen LogP contribution >= 0.6 is 23.2 Å². The maximum Gasteiger partial charge on any atom is 0.254 e. The highest BCUT2D eigenvalue weighted by molar-refractivity contribution is 6.32. The standard InChI is InChI=1S/C21H23Cl2N3O3/c1-4-15(20(24)25-11-13-5-7-18(28-2)16(22)9-13)21(27)26-12-14-6-8-19(29-3)17(23)10-14/h4-10H,11-12H2,1-3H3,(H2,24,25)(H,26,27)/b15-4+. The molecule has 154 valence electrons. The lowest BCUT2D eigenvalue weighted by atomic mass is 10.1. The van der Waals surface area contributed by atoms with Crippen LogP contribution in [0.15, 0.2) is 53.0 Å². The zero-order chi connectivity index (χ0) is 21.4. The second-order valence-electron chi connectivity index (χ2n) is 6.02. The third-order valence-corrected chi connectivity index (χ3v) is 4.72. The van der Waals surface area contributed by atoms with Crippen molar-refractivity contribution in [2.75, 3.05) is 14.2 Å². The first-order valence-electron chi connectivity index (χ1n) is 8.79. The largest absolute Gasteiger partial charge is 0.495 e. The van der Waals surface area contributed by atoms with E-state index in [2.05, 4.69) is 10.3 Å². The first-order valence-corrected chi connectivity index (χ1v) is 9.54. The fraction of sp³-hybridized carbons (Fsp3) is 0.238. The number of hydrogen-bond acceptors (Lipinski definition) is 4. The molecule has 0 atom stereocenters. The molecule has 3 N–H and O–H groups in total. The number of benzene rings is 2. The number of aliphatic imine (C=N–C) groups is 1. The number of ether oxygens (including phenoxy) is 2. The molecule has 0 spiro atoms. The number of amidine groups is 1. The number of hydrogen-bond donors (Lipinski definition) is 2. The quantitative estimate of drug-likeness (QED) is 0.370. The lowest BCUT2D eigenvalue weighted by molar-refractivity contribution is -0.117. The molecule has 6 nitrogen and oxygen atoms in total. The van der Waals surface area contributed by atoms with Crippen LogP contribution in [0.4, 0.5) is 0 Å². The number of nitrogens with one attached hydrogen (secondary N) is 1. The molecule has 1 amide bonds. The van der Waals surface area contributed by atoms with Gasteiger partial charge in [0.1, 0.15) is 17.3 Å². The monoisotopic (exact) mass is 435 g/mol. The van der Waals surface area contributed by atoms with E-state index in [0.29, 0.717) is 33.7 Å². The predicted molar refractivity (Wildman–Crippen MR) is 117 cm³/mol. The van der Waals surface area contributed by atoms with Gasteiger partial charge < -0.3 is 20.5 Å². The van der Waals surface area contributed by atoms with Crippen molar-refractivity contribution in [2.24, 2.45) is 10.7 Å². The Labute approximate surface area is 180 Å². The van der Waals surface area contributed by atoms with Crippen LogP contribution in [0.25, 0.3) is 0 Å².